The molecule has 3 aromatic rings. The van der Waals surface area contributed by atoms with Crippen LogP contribution in [-0.2, 0) is 0 Å². The van der Waals surface area contributed by atoms with E-state index in [1.807, 2.05) is 0 Å². The topological polar surface area (TPSA) is 113 Å². The molecule has 0 radical (unpaired) electrons. The second-order valence-electron chi connectivity index (χ2n) is 6.27. The van der Waals surface area contributed by atoms with Crippen LogP contribution in [0.4, 0.5) is 0 Å². The molecular formula is C22H19N2O6-. The normalized spacial score (nSPS) is 11.1. The van der Waals surface area contributed by atoms with Gasteiger partial charge >= 0.3 is 0 Å². The minimum absolute atomic E-state index is 0.233. The Morgan fingerprint density at radius 2 is 1.57 bits per heavy atom. The Morgan fingerprint density at radius 3 is 2.10 bits per heavy atom. The molecule has 1 N–H and O–H groups in total. The second-order valence-corrected chi connectivity index (χ2v) is 6.27. The number of methoxy groups -OCH3 is 2. The van der Waals surface area contributed by atoms with Crippen LogP contribution < -0.4 is 20.0 Å². The molecule has 0 saturated heterocycles. The molecule has 30 heavy (non-hydrogen) atoms. The van der Waals surface area contributed by atoms with E-state index in [2.05, 4.69) is 10.5 Å². The van der Waals surface area contributed by atoms with E-state index >= 15 is 0 Å². The first-order chi connectivity index (χ1) is 14.4. The fourth-order valence-corrected chi connectivity index (χ4v) is 2.68. The van der Waals surface area contributed by atoms with Gasteiger partial charge in [-0.3, -0.25) is 4.79 Å². The lowest BCUT2D eigenvalue weighted by atomic mass is 10.1. The minimum atomic E-state index is -1.37. The molecule has 0 fully saturated rings. The van der Waals surface area contributed by atoms with E-state index in [0.29, 0.717) is 34.1 Å². The van der Waals surface area contributed by atoms with Gasteiger partial charge in [0.15, 0.2) is 0 Å². The van der Waals surface area contributed by atoms with Crippen LogP contribution in [-0.4, -0.2) is 31.8 Å². The maximum atomic E-state index is 12.4. The number of benzene rings is 2. The molecule has 0 saturated carbocycles. The number of hydrazone groups is 1. The standard InChI is InChI=1S/C22H20N2O6/c1-13(23-24-21(25)16-10-17(28-2)12-18(11-16)29-3)14-4-6-15(7-5-14)19-8-9-20(30-19)22(26)27/h4-12H,1-3H3,(H,24,25)(H,26,27)/p-1/b23-13-. The van der Waals surface area contributed by atoms with Crippen molar-refractivity contribution in [1.82, 2.24) is 5.43 Å². The lowest BCUT2D eigenvalue weighted by molar-refractivity contribution is -0.257. The third kappa shape index (κ3) is 4.67. The number of rotatable bonds is 7. The van der Waals surface area contributed by atoms with Crippen molar-refractivity contribution in [1.29, 1.82) is 0 Å². The van der Waals surface area contributed by atoms with E-state index in [4.69, 9.17) is 13.9 Å². The van der Waals surface area contributed by atoms with Crippen LogP contribution in [0.2, 0.25) is 0 Å². The first kappa shape index (κ1) is 20.7. The molecule has 0 unspecified atom stereocenters. The molecular weight excluding hydrogens is 388 g/mol. The van der Waals surface area contributed by atoms with Gasteiger partial charge in [0.1, 0.15) is 29.0 Å². The molecule has 0 aliphatic heterocycles. The summed E-state index contributed by atoms with van der Waals surface area (Å²) in [4.78, 5) is 23.2. The molecule has 0 aliphatic rings. The average molecular weight is 407 g/mol. The summed E-state index contributed by atoms with van der Waals surface area (Å²) in [5.74, 6) is -0.607. The zero-order valence-corrected chi connectivity index (χ0v) is 16.6. The number of nitrogens with zero attached hydrogens (tertiary/aromatic N) is 1. The largest absolute Gasteiger partial charge is 0.542 e. The SMILES string of the molecule is COc1cc(OC)cc(C(=O)N/N=C(/C)c2ccc(-c3ccc(C(=O)[O-])o3)cc2)c1. The van der Waals surface area contributed by atoms with E-state index in [1.54, 1.807) is 55.5 Å². The fourth-order valence-electron chi connectivity index (χ4n) is 2.68. The summed E-state index contributed by atoms with van der Waals surface area (Å²) < 4.78 is 15.6. The summed E-state index contributed by atoms with van der Waals surface area (Å²) in [5.41, 5.74) is 4.91. The van der Waals surface area contributed by atoms with E-state index in [1.165, 1.54) is 20.3 Å². The number of ether oxygens (including phenoxy) is 2. The van der Waals surface area contributed by atoms with Crippen molar-refractivity contribution in [2.45, 2.75) is 6.92 Å². The van der Waals surface area contributed by atoms with Crippen molar-refractivity contribution in [2.24, 2.45) is 5.10 Å². The minimum Gasteiger partial charge on any atom is -0.542 e. The van der Waals surface area contributed by atoms with Gasteiger partial charge in [0.05, 0.1) is 19.9 Å². The molecule has 8 nitrogen and oxygen atoms in total. The van der Waals surface area contributed by atoms with E-state index in [0.717, 1.165) is 5.56 Å². The fraction of sp³-hybridized carbons (Fsp3) is 0.136. The maximum Gasteiger partial charge on any atom is 0.271 e. The highest BCUT2D eigenvalue weighted by Gasteiger charge is 2.10. The van der Waals surface area contributed by atoms with Crippen LogP contribution in [0, 0.1) is 0 Å². The third-order valence-electron chi connectivity index (χ3n) is 4.33. The van der Waals surface area contributed by atoms with Crippen LogP contribution in [0.15, 0.2) is 64.1 Å². The summed E-state index contributed by atoms with van der Waals surface area (Å²) in [6, 6.07) is 14.8. The predicted octanol–water partition coefficient (Wildman–Crippen LogP) is 2.48. The molecule has 8 heteroatoms. The number of hydrogen-bond acceptors (Lipinski definition) is 7. The molecule has 1 heterocycles. The summed E-state index contributed by atoms with van der Waals surface area (Å²) in [6.07, 6.45) is 0. The first-order valence-electron chi connectivity index (χ1n) is 8.91. The van der Waals surface area contributed by atoms with Gasteiger partial charge in [-0.25, -0.2) is 5.43 Å². The van der Waals surface area contributed by atoms with E-state index in [9.17, 15) is 14.7 Å². The summed E-state index contributed by atoms with van der Waals surface area (Å²) >= 11 is 0. The second kappa shape index (κ2) is 8.95. The molecule has 2 aromatic carbocycles. The number of amides is 1. The van der Waals surface area contributed by atoms with Crippen molar-refractivity contribution in [3.63, 3.8) is 0 Å². The van der Waals surface area contributed by atoms with Crippen LogP contribution in [0.5, 0.6) is 11.5 Å². The van der Waals surface area contributed by atoms with Gasteiger partial charge in [0, 0.05) is 17.2 Å². The Kier molecular flexibility index (Phi) is 6.17. The quantitative estimate of drug-likeness (QED) is 0.476. The Bertz CT molecular complexity index is 1080. The van der Waals surface area contributed by atoms with Gasteiger partial charge in [-0.1, -0.05) is 24.3 Å². The number of hydrogen-bond donors (Lipinski definition) is 1. The van der Waals surface area contributed by atoms with Gasteiger partial charge in [-0.2, -0.15) is 5.10 Å². The Hall–Kier alpha value is -4.07. The molecule has 1 amide bonds. The maximum absolute atomic E-state index is 12.4. The van der Waals surface area contributed by atoms with Gasteiger partial charge < -0.3 is 23.8 Å². The van der Waals surface area contributed by atoms with Gasteiger partial charge in [-0.05, 0) is 36.8 Å². The van der Waals surface area contributed by atoms with Crippen LogP contribution in [0.1, 0.15) is 33.4 Å². The lowest BCUT2D eigenvalue weighted by Gasteiger charge is -2.08. The van der Waals surface area contributed by atoms with Crippen LogP contribution in [0.25, 0.3) is 11.3 Å². The number of aromatic carboxylic acids is 1. The highest BCUT2D eigenvalue weighted by atomic mass is 16.5. The zero-order valence-electron chi connectivity index (χ0n) is 16.6. The van der Waals surface area contributed by atoms with Crippen LogP contribution >= 0.6 is 0 Å². The van der Waals surface area contributed by atoms with Crippen LogP contribution in [0.3, 0.4) is 0 Å². The predicted molar refractivity (Wildman–Crippen MR) is 108 cm³/mol. The molecule has 0 aliphatic carbocycles. The van der Waals surface area contributed by atoms with Gasteiger partial charge in [-0.15, -0.1) is 0 Å². The molecule has 1 aromatic heterocycles. The Balaban J connectivity index is 1.72. The molecule has 0 spiro atoms. The van der Waals surface area contributed by atoms with E-state index in [-0.39, 0.29) is 5.76 Å². The number of furan rings is 1. The van der Waals surface area contributed by atoms with Gasteiger partial charge in [0.25, 0.3) is 5.91 Å². The number of nitrogens with one attached hydrogen (secondary N) is 1. The number of carboxylic acids is 1. The average Bonchev–Trinajstić information content (AvgIpc) is 3.27. The third-order valence-corrected chi connectivity index (χ3v) is 4.33. The Morgan fingerprint density at radius 1 is 0.933 bits per heavy atom. The first-order valence-corrected chi connectivity index (χ1v) is 8.91. The molecule has 0 bridgehead atoms. The highest BCUT2D eigenvalue weighted by Crippen LogP contribution is 2.23. The molecule has 154 valence electrons. The summed E-state index contributed by atoms with van der Waals surface area (Å²) in [5, 5.41) is 15.0. The highest BCUT2D eigenvalue weighted by molar-refractivity contribution is 6.01. The summed E-state index contributed by atoms with van der Waals surface area (Å²) in [7, 11) is 3.01. The number of carbonyl (C=O) groups excluding carboxylic acids is 2. The Labute approximate surface area is 172 Å². The lowest BCUT2D eigenvalue weighted by Crippen LogP contribution is -2.21. The molecule has 0 atom stereocenters. The van der Waals surface area contributed by atoms with Crippen molar-refractivity contribution in [2.75, 3.05) is 14.2 Å². The summed E-state index contributed by atoms with van der Waals surface area (Å²) in [6.45, 7) is 1.75. The molecule has 3 rings (SSSR count). The zero-order chi connectivity index (χ0) is 21.7. The van der Waals surface area contributed by atoms with Gasteiger partial charge in [0.2, 0.25) is 0 Å². The van der Waals surface area contributed by atoms with E-state index < -0.39 is 11.9 Å². The van der Waals surface area contributed by atoms with Crippen molar-refractivity contribution < 1.29 is 28.6 Å². The van der Waals surface area contributed by atoms with Crippen molar-refractivity contribution >= 4 is 17.6 Å². The number of carbonyl (C=O) groups is 2. The smallest absolute Gasteiger partial charge is 0.271 e. The monoisotopic (exact) mass is 407 g/mol. The van der Waals surface area contributed by atoms with Crippen molar-refractivity contribution in [3.05, 3.63) is 71.5 Å². The van der Waals surface area contributed by atoms with Crippen molar-refractivity contribution in [3.8, 4) is 22.8 Å². The number of carboxylic acid groups (broad SMARTS) is 1.